The highest BCUT2D eigenvalue weighted by Crippen LogP contribution is 2.41. The third kappa shape index (κ3) is 4.46. The number of fused-ring (bicyclic) bond motifs is 1. The first-order valence-electron chi connectivity index (χ1n) is 12.4. The van der Waals surface area contributed by atoms with E-state index in [0.29, 0.717) is 49.8 Å². The number of benzene rings is 3. The number of aromatic hydroxyl groups is 1. The van der Waals surface area contributed by atoms with E-state index in [0.717, 1.165) is 11.3 Å². The average Bonchev–Trinajstić information content (AvgIpc) is 3.64. The molecule has 0 saturated heterocycles. The Morgan fingerprint density at radius 1 is 0.872 bits per heavy atom. The molecule has 6 aromatic rings. The number of halogens is 2. The molecule has 3 aromatic carbocycles. The van der Waals surface area contributed by atoms with Crippen LogP contribution in [0.4, 0.5) is 0 Å². The van der Waals surface area contributed by atoms with E-state index in [2.05, 4.69) is 10.1 Å². The van der Waals surface area contributed by atoms with Crippen molar-refractivity contribution >= 4 is 34.1 Å². The Labute approximate surface area is 235 Å². The topological polar surface area (TPSA) is 76.1 Å². The molecule has 3 heterocycles. The number of aromatic nitrogens is 4. The maximum absolute atomic E-state index is 12.3. The van der Waals surface area contributed by atoms with Crippen LogP contribution in [0, 0.1) is 0 Å². The summed E-state index contributed by atoms with van der Waals surface area (Å²) in [6.07, 6.45) is 5.88. The van der Waals surface area contributed by atoms with Crippen LogP contribution in [0.2, 0.25) is 10.0 Å². The monoisotopic (exact) mass is 554 g/mol. The molecular formula is C31H24Cl2N4O2. The largest absolute Gasteiger partial charge is 0.493 e. The van der Waals surface area contributed by atoms with E-state index in [4.69, 9.17) is 23.2 Å². The van der Waals surface area contributed by atoms with Gasteiger partial charge >= 0.3 is 0 Å². The Bertz CT molecular complexity index is 1780. The van der Waals surface area contributed by atoms with Crippen LogP contribution in [0.25, 0.3) is 16.6 Å². The summed E-state index contributed by atoms with van der Waals surface area (Å²) in [7, 11) is 1.89. The molecule has 6 nitrogen and oxygen atoms in total. The molecule has 0 aliphatic heterocycles. The van der Waals surface area contributed by atoms with E-state index in [-0.39, 0.29) is 5.88 Å². The van der Waals surface area contributed by atoms with Crippen LogP contribution in [-0.4, -0.2) is 29.5 Å². The van der Waals surface area contributed by atoms with Crippen LogP contribution in [-0.2, 0) is 19.1 Å². The Balaban J connectivity index is 1.44. The second kappa shape index (κ2) is 9.89. The zero-order valence-corrected chi connectivity index (χ0v) is 22.5. The molecule has 0 fully saturated rings. The molecular weight excluding hydrogens is 531 g/mol. The summed E-state index contributed by atoms with van der Waals surface area (Å²) in [5.41, 5.74) is 3.41. The fourth-order valence-corrected chi connectivity index (χ4v) is 5.44. The van der Waals surface area contributed by atoms with Crippen LogP contribution in [0.3, 0.4) is 0 Å². The molecule has 0 aliphatic carbocycles. The second-order valence-corrected chi connectivity index (χ2v) is 10.3. The van der Waals surface area contributed by atoms with Crippen LogP contribution >= 0.6 is 23.2 Å². The van der Waals surface area contributed by atoms with Crippen LogP contribution in [0.1, 0.15) is 27.9 Å². The summed E-state index contributed by atoms with van der Waals surface area (Å²) >= 11 is 13.1. The standard InChI is InChI=1S/C31H24Cl2N4O2/c1-36-16-2-4-28(36)31(39,21-7-10-23(32)11-8-21)22-9-14-27-25(19-22)29(33)26(30(38)35-27)18-20-5-12-24(13-6-20)37-17-3-15-34-37/h2-17,19,39H,18H2,1H3,(H,35,38). The molecule has 194 valence electrons. The number of aliphatic hydroxyl groups is 1. The van der Waals surface area contributed by atoms with Crippen molar-refractivity contribution in [3.05, 3.63) is 142 Å². The molecule has 0 bridgehead atoms. The lowest BCUT2D eigenvalue weighted by Crippen LogP contribution is -2.31. The molecule has 1 atom stereocenters. The number of hydrogen-bond donors (Lipinski definition) is 2. The molecule has 2 N–H and O–H groups in total. The molecule has 3 aromatic heterocycles. The maximum Gasteiger partial charge on any atom is 0.216 e. The predicted octanol–water partition coefficient (Wildman–Crippen LogP) is 6.65. The minimum atomic E-state index is -1.49. The molecule has 0 spiro atoms. The summed E-state index contributed by atoms with van der Waals surface area (Å²) in [5, 5.41) is 29.0. The fraction of sp³-hybridized carbons (Fsp3) is 0.0968. The van der Waals surface area contributed by atoms with Gasteiger partial charge in [0, 0.05) is 48.0 Å². The van der Waals surface area contributed by atoms with Gasteiger partial charge in [-0.25, -0.2) is 9.67 Å². The van der Waals surface area contributed by atoms with E-state index < -0.39 is 5.60 Å². The summed E-state index contributed by atoms with van der Waals surface area (Å²) in [5.74, 6) is -0.119. The molecule has 0 saturated carbocycles. The molecule has 0 radical (unpaired) electrons. The van der Waals surface area contributed by atoms with Crippen molar-refractivity contribution in [2.75, 3.05) is 0 Å². The zero-order valence-electron chi connectivity index (χ0n) is 21.0. The number of rotatable bonds is 6. The van der Waals surface area contributed by atoms with Crippen molar-refractivity contribution in [2.24, 2.45) is 7.05 Å². The Morgan fingerprint density at radius 2 is 1.62 bits per heavy atom. The number of aryl methyl sites for hydroxylation is 1. The first-order valence-corrected chi connectivity index (χ1v) is 13.1. The minimum Gasteiger partial charge on any atom is -0.493 e. The number of pyridine rings is 1. The Morgan fingerprint density at radius 3 is 2.28 bits per heavy atom. The normalized spacial score (nSPS) is 13.0. The third-order valence-corrected chi connectivity index (χ3v) is 7.76. The van der Waals surface area contributed by atoms with Gasteiger partial charge < -0.3 is 14.8 Å². The smallest absolute Gasteiger partial charge is 0.216 e. The number of hydrogen-bond acceptors (Lipinski definition) is 4. The highest BCUT2D eigenvalue weighted by atomic mass is 35.5. The van der Waals surface area contributed by atoms with Gasteiger partial charge in [0.25, 0.3) is 0 Å². The van der Waals surface area contributed by atoms with Crippen LogP contribution < -0.4 is 0 Å². The van der Waals surface area contributed by atoms with E-state index in [1.165, 1.54) is 0 Å². The van der Waals surface area contributed by atoms with Gasteiger partial charge in [0.2, 0.25) is 5.88 Å². The average molecular weight is 555 g/mol. The molecule has 1 unspecified atom stereocenters. The SMILES string of the molecule is Cn1cccc1C(O)(c1ccc(Cl)cc1)c1ccc2nc(O)c(Cc3ccc(-n4cccn4)cc3)c(Cl)c2c1. The Kier molecular flexibility index (Phi) is 6.39. The Hall–Kier alpha value is -4.10. The third-order valence-electron chi connectivity index (χ3n) is 7.07. The van der Waals surface area contributed by atoms with Gasteiger partial charge in [0.05, 0.1) is 21.9 Å². The van der Waals surface area contributed by atoms with E-state index >= 15 is 0 Å². The van der Waals surface area contributed by atoms with Crippen molar-refractivity contribution in [1.82, 2.24) is 19.3 Å². The van der Waals surface area contributed by atoms with Crippen molar-refractivity contribution in [3.63, 3.8) is 0 Å². The summed E-state index contributed by atoms with van der Waals surface area (Å²) < 4.78 is 3.66. The maximum atomic E-state index is 12.3. The van der Waals surface area contributed by atoms with Crippen LogP contribution in [0.5, 0.6) is 5.88 Å². The summed E-state index contributed by atoms with van der Waals surface area (Å²) in [6, 6.07) is 26.1. The zero-order chi connectivity index (χ0) is 27.1. The lowest BCUT2D eigenvalue weighted by Gasteiger charge is -2.30. The van der Waals surface area contributed by atoms with Crippen molar-refractivity contribution < 1.29 is 10.2 Å². The van der Waals surface area contributed by atoms with Gasteiger partial charge in [-0.1, -0.05) is 53.5 Å². The minimum absolute atomic E-state index is 0.119. The van der Waals surface area contributed by atoms with Gasteiger partial charge in [0.1, 0.15) is 0 Å². The van der Waals surface area contributed by atoms with Crippen LogP contribution in [0.15, 0.2) is 104 Å². The van der Waals surface area contributed by atoms with Gasteiger partial charge in [-0.3, -0.25) is 0 Å². The molecule has 6 rings (SSSR count). The van der Waals surface area contributed by atoms with Gasteiger partial charge in [0.15, 0.2) is 5.60 Å². The molecule has 0 amide bonds. The quantitative estimate of drug-likeness (QED) is 0.242. The van der Waals surface area contributed by atoms with E-state index in [9.17, 15) is 10.2 Å². The predicted molar refractivity (Wildman–Crippen MR) is 154 cm³/mol. The highest BCUT2D eigenvalue weighted by Gasteiger charge is 2.36. The van der Waals surface area contributed by atoms with Gasteiger partial charge in [-0.2, -0.15) is 5.10 Å². The van der Waals surface area contributed by atoms with Crippen molar-refractivity contribution in [3.8, 4) is 11.6 Å². The molecule has 8 heteroatoms. The highest BCUT2D eigenvalue weighted by molar-refractivity contribution is 6.36. The molecule has 0 aliphatic rings. The van der Waals surface area contributed by atoms with Crippen molar-refractivity contribution in [1.29, 1.82) is 0 Å². The second-order valence-electron chi connectivity index (χ2n) is 9.48. The first-order chi connectivity index (χ1) is 18.8. The lowest BCUT2D eigenvalue weighted by molar-refractivity contribution is 0.117. The molecule has 39 heavy (non-hydrogen) atoms. The lowest BCUT2D eigenvalue weighted by atomic mass is 9.82. The van der Waals surface area contributed by atoms with Crippen molar-refractivity contribution in [2.45, 2.75) is 12.0 Å². The first kappa shape index (κ1) is 25.2. The van der Waals surface area contributed by atoms with Gasteiger partial charge in [-0.05, 0) is 71.3 Å². The number of nitrogens with zero attached hydrogens (tertiary/aromatic N) is 4. The summed E-state index contributed by atoms with van der Waals surface area (Å²) in [6.45, 7) is 0. The van der Waals surface area contributed by atoms with E-state index in [1.807, 2.05) is 84.7 Å². The summed E-state index contributed by atoms with van der Waals surface area (Å²) in [4.78, 5) is 4.43. The fourth-order valence-electron chi connectivity index (χ4n) is 5.02. The van der Waals surface area contributed by atoms with Gasteiger partial charge in [-0.15, -0.1) is 0 Å². The van der Waals surface area contributed by atoms with E-state index in [1.54, 1.807) is 35.1 Å².